The summed E-state index contributed by atoms with van der Waals surface area (Å²) >= 11 is 0. The van der Waals surface area contributed by atoms with Crippen LogP contribution in [-0.4, -0.2) is 47.7 Å². The van der Waals surface area contributed by atoms with Gasteiger partial charge in [-0.15, -0.1) is 0 Å². The number of aromatic amines is 1. The van der Waals surface area contributed by atoms with Gasteiger partial charge in [-0.25, -0.2) is 0 Å². The molecule has 168 valence electrons. The number of ketones is 2. The van der Waals surface area contributed by atoms with E-state index in [1.807, 2.05) is 25.1 Å². The maximum atomic E-state index is 13.6. The van der Waals surface area contributed by atoms with Crippen molar-refractivity contribution in [1.82, 2.24) is 9.88 Å². The van der Waals surface area contributed by atoms with Crippen molar-refractivity contribution >= 4 is 22.5 Å². The number of carbonyl (C=O) groups excluding carboxylic acids is 2. The van der Waals surface area contributed by atoms with E-state index in [1.165, 1.54) is 6.92 Å². The molecule has 1 heterocycles. The van der Waals surface area contributed by atoms with Gasteiger partial charge in [0.25, 0.3) is 0 Å². The number of fused-ring (bicyclic) bond motifs is 4. The van der Waals surface area contributed by atoms with Crippen molar-refractivity contribution in [3.63, 3.8) is 0 Å². The number of aryl methyl sites for hydroxylation is 1. The molecule has 0 spiro atoms. The topological polar surface area (TPSA) is 62.4 Å². The Morgan fingerprint density at radius 1 is 1.12 bits per heavy atom. The minimum Gasteiger partial charge on any atom is -0.491 e. The Labute approximate surface area is 189 Å². The van der Waals surface area contributed by atoms with Crippen molar-refractivity contribution < 1.29 is 14.3 Å². The van der Waals surface area contributed by atoms with Gasteiger partial charge in [-0.2, -0.15) is 0 Å². The molecule has 0 bridgehead atoms. The van der Waals surface area contributed by atoms with Gasteiger partial charge in [-0.1, -0.05) is 39.8 Å². The third kappa shape index (κ3) is 3.55. The number of likely N-dealkylation sites (N-methyl/N-ethyl adjacent to an activating group) is 1. The summed E-state index contributed by atoms with van der Waals surface area (Å²) in [5, 5.41) is 0.929. The highest BCUT2D eigenvalue weighted by molar-refractivity contribution is 6.20. The van der Waals surface area contributed by atoms with Gasteiger partial charge in [0.2, 0.25) is 0 Å². The Bertz CT molecular complexity index is 1220. The smallest absolute Gasteiger partial charge is 0.195 e. The number of hydrogen-bond acceptors (Lipinski definition) is 4. The molecule has 5 heteroatoms. The van der Waals surface area contributed by atoms with Crippen LogP contribution >= 0.6 is 0 Å². The normalized spacial score (nSPS) is 14.5. The number of rotatable bonds is 7. The molecule has 1 aliphatic carbocycles. The van der Waals surface area contributed by atoms with Crippen molar-refractivity contribution in [2.24, 2.45) is 0 Å². The number of hydrogen-bond donors (Lipinski definition) is 1. The predicted molar refractivity (Wildman–Crippen MR) is 128 cm³/mol. The Morgan fingerprint density at radius 3 is 2.50 bits per heavy atom. The van der Waals surface area contributed by atoms with Gasteiger partial charge in [-0.05, 0) is 56.3 Å². The first-order valence-corrected chi connectivity index (χ1v) is 11.4. The van der Waals surface area contributed by atoms with Crippen molar-refractivity contribution in [2.45, 2.75) is 47.0 Å². The van der Waals surface area contributed by atoms with E-state index >= 15 is 0 Å². The standard InChI is InChI=1S/C27H32N2O3/c1-7-29(8-2)11-12-32-23-15-21-20(14-19(23)17(4)30)25(31)24-18-10-9-16(3)13-22(18)28-26(24)27(21,5)6/h9-10,13-15,28H,7-8,11-12H2,1-6H3. The molecular formula is C27H32N2O3. The molecule has 0 fully saturated rings. The number of H-pyrrole nitrogens is 1. The summed E-state index contributed by atoms with van der Waals surface area (Å²) in [5.74, 6) is 0.415. The Kier molecular flexibility index (Phi) is 5.72. The van der Waals surface area contributed by atoms with Crippen LogP contribution in [0.25, 0.3) is 10.9 Å². The molecule has 3 aromatic rings. The van der Waals surface area contributed by atoms with Crippen LogP contribution in [0.15, 0.2) is 30.3 Å². The lowest BCUT2D eigenvalue weighted by molar-refractivity contribution is 0.101. The minimum absolute atomic E-state index is 0.0402. The van der Waals surface area contributed by atoms with E-state index in [0.29, 0.717) is 29.0 Å². The van der Waals surface area contributed by atoms with E-state index in [0.717, 1.165) is 47.4 Å². The summed E-state index contributed by atoms with van der Waals surface area (Å²) < 4.78 is 6.11. The van der Waals surface area contributed by atoms with Crippen molar-refractivity contribution in [1.29, 1.82) is 0 Å². The van der Waals surface area contributed by atoms with Gasteiger partial charge < -0.3 is 14.6 Å². The zero-order valence-electron chi connectivity index (χ0n) is 19.9. The molecule has 0 aliphatic heterocycles. The molecular weight excluding hydrogens is 400 g/mol. The predicted octanol–water partition coefficient (Wildman–Crippen LogP) is 5.27. The molecule has 0 radical (unpaired) electrons. The first-order chi connectivity index (χ1) is 15.2. The summed E-state index contributed by atoms with van der Waals surface area (Å²) in [6, 6.07) is 9.76. The second kappa shape index (κ2) is 8.21. The third-order valence-electron chi connectivity index (χ3n) is 6.78. The Hall–Kier alpha value is -2.92. The molecule has 5 nitrogen and oxygen atoms in total. The van der Waals surface area contributed by atoms with E-state index < -0.39 is 5.41 Å². The highest BCUT2D eigenvalue weighted by atomic mass is 16.5. The van der Waals surface area contributed by atoms with Gasteiger partial charge in [0.05, 0.1) is 11.1 Å². The van der Waals surface area contributed by atoms with E-state index in [1.54, 1.807) is 6.07 Å². The SMILES string of the molecule is CCN(CC)CCOc1cc2c(cc1C(C)=O)C(=O)c1c([nH]c3cc(C)ccc13)C2(C)C. The molecule has 1 aliphatic rings. The van der Waals surface area contributed by atoms with E-state index in [4.69, 9.17) is 4.74 Å². The molecule has 1 N–H and O–H groups in total. The van der Waals surface area contributed by atoms with E-state index in [9.17, 15) is 9.59 Å². The first kappa shape index (κ1) is 22.3. The average Bonchev–Trinajstić information content (AvgIpc) is 3.14. The lowest BCUT2D eigenvalue weighted by Gasteiger charge is -2.33. The number of nitrogens with one attached hydrogen (secondary N) is 1. The number of aromatic nitrogens is 1. The fourth-order valence-electron chi connectivity index (χ4n) is 4.79. The molecule has 0 atom stereocenters. The first-order valence-electron chi connectivity index (χ1n) is 11.4. The number of ether oxygens (including phenoxy) is 1. The number of nitrogens with zero attached hydrogens (tertiary/aromatic N) is 1. The largest absolute Gasteiger partial charge is 0.491 e. The summed E-state index contributed by atoms with van der Waals surface area (Å²) in [4.78, 5) is 31.9. The van der Waals surface area contributed by atoms with Gasteiger partial charge >= 0.3 is 0 Å². The Morgan fingerprint density at radius 2 is 1.84 bits per heavy atom. The number of benzene rings is 2. The summed E-state index contributed by atoms with van der Waals surface area (Å²) in [5.41, 5.74) is 5.24. The fourth-order valence-corrected chi connectivity index (χ4v) is 4.79. The van der Waals surface area contributed by atoms with Crippen LogP contribution in [-0.2, 0) is 5.41 Å². The summed E-state index contributed by atoms with van der Waals surface area (Å²) in [7, 11) is 0. The zero-order valence-corrected chi connectivity index (χ0v) is 19.9. The van der Waals surface area contributed by atoms with Crippen molar-refractivity contribution in [3.05, 3.63) is 63.8 Å². The second-order valence-electron chi connectivity index (χ2n) is 9.20. The molecule has 32 heavy (non-hydrogen) atoms. The zero-order chi connectivity index (χ0) is 23.2. The molecule has 1 aromatic heterocycles. The van der Waals surface area contributed by atoms with E-state index in [-0.39, 0.29) is 11.6 Å². The van der Waals surface area contributed by atoms with Crippen LogP contribution in [0.4, 0.5) is 0 Å². The second-order valence-corrected chi connectivity index (χ2v) is 9.20. The van der Waals surface area contributed by atoms with Gasteiger partial charge in [0, 0.05) is 34.1 Å². The molecule has 4 rings (SSSR count). The van der Waals surface area contributed by atoms with E-state index in [2.05, 4.69) is 43.6 Å². The highest BCUT2D eigenvalue weighted by Crippen LogP contribution is 2.45. The lowest BCUT2D eigenvalue weighted by atomic mass is 9.70. The lowest BCUT2D eigenvalue weighted by Crippen LogP contribution is -2.31. The average molecular weight is 433 g/mol. The molecule has 0 saturated carbocycles. The molecule has 0 amide bonds. The maximum absolute atomic E-state index is 13.6. The highest BCUT2D eigenvalue weighted by Gasteiger charge is 2.40. The van der Waals surface area contributed by atoms with Crippen molar-refractivity contribution in [3.8, 4) is 5.75 Å². The van der Waals surface area contributed by atoms with Crippen LogP contribution in [0.2, 0.25) is 0 Å². The summed E-state index contributed by atoms with van der Waals surface area (Å²) in [6.07, 6.45) is 0. The molecule has 0 unspecified atom stereocenters. The minimum atomic E-state index is -0.433. The Balaban J connectivity index is 1.82. The van der Waals surface area contributed by atoms with Gasteiger partial charge in [0.1, 0.15) is 12.4 Å². The van der Waals surface area contributed by atoms with Crippen LogP contribution in [0.1, 0.15) is 77.7 Å². The third-order valence-corrected chi connectivity index (χ3v) is 6.78. The van der Waals surface area contributed by atoms with Crippen LogP contribution in [0.5, 0.6) is 5.75 Å². The fraction of sp³-hybridized carbons (Fsp3) is 0.407. The van der Waals surface area contributed by atoms with Crippen LogP contribution < -0.4 is 4.74 Å². The molecule has 0 saturated heterocycles. The van der Waals surface area contributed by atoms with Gasteiger partial charge in [0.15, 0.2) is 11.6 Å². The van der Waals surface area contributed by atoms with Crippen LogP contribution in [0.3, 0.4) is 0 Å². The van der Waals surface area contributed by atoms with Crippen molar-refractivity contribution in [2.75, 3.05) is 26.2 Å². The number of Topliss-reactive ketones (excluding diaryl/α,β-unsaturated/α-hetero) is 1. The number of carbonyl (C=O) groups is 2. The monoisotopic (exact) mass is 432 g/mol. The summed E-state index contributed by atoms with van der Waals surface area (Å²) in [6.45, 7) is 15.2. The van der Waals surface area contributed by atoms with Gasteiger partial charge in [-0.3, -0.25) is 9.59 Å². The maximum Gasteiger partial charge on any atom is 0.195 e. The quantitative estimate of drug-likeness (QED) is 0.517. The molecule has 2 aromatic carbocycles. The van der Waals surface area contributed by atoms with Crippen LogP contribution in [0, 0.1) is 6.92 Å².